The topological polar surface area (TPSA) is 39.1 Å². The average Bonchev–Trinajstić information content (AvgIpc) is 3.12. The number of halogens is 4. The molecule has 4 rings (SSSR count). The SMILES string of the molecule is CCCc1cn(S(=O)(=O)c2cccc(-c3cccc(C(F)(F)F)c3)c2)c2ccc(Cl)cc12. The first-order valence-corrected chi connectivity index (χ1v) is 11.8. The summed E-state index contributed by atoms with van der Waals surface area (Å²) in [4.78, 5) is -0.0117. The summed E-state index contributed by atoms with van der Waals surface area (Å²) in [5.41, 5.74) is 1.24. The van der Waals surface area contributed by atoms with E-state index in [2.05, 4.69) is 0 Å². The Morgan fingerprint density at radius 1 is 0.938 bits per heavy atom. The van der Waals surface area contributed by atoms with Crippen LogP contribution in [0.4, 0.5) is 13.2 Å². The van der Waals surface area contributed by atoms with E-state index < -0.39 is 21.8 Å². The Bertz CT molecular complexity index is 1410. The molecular weight excluding hydrogens is 459 g/mol. The van der Waals surface area contributed by atoms with E-state index in [0.29, 0.717) is 22.5 Å². The third kappa shape index (κ3) is 4.14. The molecule has 166 valence electrons. The van der Waals surface area contributed by atoms with Crippen molar-refractivity contribution in [3.05, 3.63) is 89.1 Å². The molecule has 3 aromatic carbocycles. The van der Waals surface area contributed by atoms with Crippen molar-refractivity contribution in [3.8, 4) is 11.1 Å². The Morgan fingerprint density at radius 3 is 2.31 bits per heavy atom. The van der Waals surface area contributed by atoms with Crippen LogP contribution in [0.5, 0.6) is 0 Å². The molecule has 4 aromatic rings. The minimum absolute atomic E-state index is 0.0117. The largest absolute Gasteiger partial charge is 0.416 e. The molecule has 0 radical (unpaired) electrons. The number of hydrogen-bond acceptors (Lipinski definition) is 2. The van der Waals surface area contributed by atoms with Crippen LogP contribution in [0.3, 0.4) is 0 Å². The highest BCUT2D eigenvalue weighted by Crippen LogP contribution is 2.34. The number of nitrogens with zero attached hydrogens (tertiary/aromatic N) is 1. The molecule has 1 aromatic heterocycles. The molecule has 0 spiro atoms. The molecule has 0 amide bonds. The molecule has 0 bridgehead atoms. The summed E-state index contributed by atoms with van der Waals surface area (Å²) in [5, 5.41) is 1.27. The number of benzene rings is 3. The first-order chi connectivity index (χ1) is 15.1. The second-order valence-corrected chi connectivity index (χ2v) is 9.72. The van der Waals surface area contributed by atoms with Gasteiger partial charge in [-0.3, -0.25) is 0 Å². The summed E-state index contributed by atoms with van der Waals surface area (Å²) in [6, 6.07) is 15.8. The maximum absolute atomic E-state index is 13.5. The van der Waals surface area contributed by atoms with Gasteiger partial charge in [0.05, 0.1) is 16.0 Å². The Balaban J connectivity index is 1.84. The smallest absolute Gasteiger partial charge is 0.241 e. The molecule has 0 atom stereocenters. The molecule has 0 N–H and O–H groups in total. The van der Waals surface area contributed by atoms with Gasteiger partial charge < -0.3 is 0 Å². The number of fused-ring (bicyclic) bond motifs is 1. The minimum Gasteiger partial charge on any atom is -0.241 e. The van der Waals surface area contributed by atoms with E-state index in [1.165, 1.54) is 34.3 Å². The molecule has 0 aliphatic carbocycles. The summed E-state index contributed by atoms with van der Waals surface area (Å²) in [7, 11) is -3.99. The van der Waals surface area contributed by atoms with Crippen molar-refractivity contribution >= 4 is 32.5 Å². The zero-order chi connectivity index (χ0) is 23.1. The Morgan fingerprint density at radius 2 is 1.62 bits per heavy atom. The molecule has 0 saturated heterocycles. The van der Waals surface area contributed by atoms with E-state index in [-0.39, 0.29) is 10.5 Å². The second kappa shape index (κ2) is 8.30. The van der Waals surface area contributed by atoms with Crippen LogP contribution in [0.2, 0.25) is 5.02 Å². The first-order valence-electron chi connectivity index (χ1n) is 9.94. The van der Waals surface area contributed by atoms with Crippen molar-refractivity contribution in [3.63, 3.8) is 0 Å². The van der Waals surface area contributed by atoms with E-state index in [9.17, 15) is 21.6 Å². The summed E-state index contributed by atoms with van der Waals surface area (Å²) >= 11 is 6.13. The second-order valence-electron chi connectivity index (χ2n) is 7.47. The van der Waals surface area contributed by atoms with Crippen LogP contribution in [0.25, 0.3) is 22.0 Å². The van der Waals surface area contributed by atoms with Crippen molar-refractivity contribution in [2.45, 2.75) is 30.8 Å². The fourth-order valence-corrected chi connectivity index (χ4v) is 5.34. The number of aryl methyl sites for hydroxylation is 1. The lowest BCUT2D eigenvalue weighted by molar-refractivity contribution is -0.137. The standard InChI is InChI=1S/C24H19ClF3NO2S/c1-2-5-18-15-29(23-11-10-20(25)14-22(18)23)32(30,31)21-9-4-7-17(13-21)16-6-3-8-19(12-16)24(26,27)28/h3-4,6-15H,2,5H2,1H3. The molecule has 1 heterocycles. The Hall–Kier alpha value is -2.77. The van der Waals surface area contributed by atoms with Gasteiger partial charge >= 0.3 is 6.18 Å². The summed E-state index contributed by atoms with van der Waals surface area (Å²) in [5.74, 6) is 0. The quantitative estimate of drug-likeness (QED) is 0.305. The van der Waals surface area contributed by atoms with Gasteiger partial charge in [0.1, 0.15) is 0 Å². The number of aromatic nitrogens is 1. The van der Waals surface area contributed by atoms with Gasteiger partial charge in [0, 0.05) is 16.6 Å². The van der Waals surface area contributed by atoms with Gasteiger partial charge in [-0.1, -0.05) is 49.2 Å². The van der Waals surface area contributed by atoms with Crippen molar-refractivity contribution in [1.29, 1.82) is 0 Å². The van der Waals surface area contributed by atoms with Crippen molar-refractivity contribution in [1.82, 2.24) is 3.97 Å². The predicted octanol–water partition coefficient (Wildman–Crippen LogP) is 7.17. The fraction of sp³-hybridized carbons (Fsp3) is 0.167. The third-order valence-electron chi connectivity index (χ3n) is 5.25. The van der Waals surface area contributed by atoms with E-state index in [4.69, 9.17) is 11.6 Å². The lowest BCUT2D eigenvalue weighted by Crippen LogP contribution is -2.12. The average molecular weight is 478 g/mol. The van der Waals surface area contributed by atoms with Crippen LogP contribution >= 0.6 is 11.6 Å². The van der Waals surface area contributed by atoms with Gasteiger partial charge in [0.15, 0.2) is 0 Å². The highest BCUT2D eigenvalue weighted by molar-refractivity contribution is 7.90. The fourth-order valence-electron chi connectivity index (χ4n) is 3.73. The highest BCUT2D eigenvalue weighted by atomic mass is 35.5. The van der Waals surface area contributed by atoms with Crippen molar-refractivity contribution < 1.29 is 21.6 Å². The molecule has 0 fully saturated rings. The van der Waals surface area contributed by atoms with E-state index in [0.717, 1.165) is 29.5 Å². The normalized spacial score (nSPS) is 12.4. The van der Waals surface area contributed by atoms with Gasteiger partial charge in [-0.05, 0) is 65.6 Å². The first kappa shape index (κ1) is 22.4. The molecular formula is C24H19ClF3NO2S. The zero-order valence-electron chi connectivity index (χ0n) is 17.0. The minimum atomic E-state index is -4.49. The van der Waals surface area contributed by atoms with Crippen LogP contribution in [0, 0.1) is 0 Å². The Labute approximate surface area is 189 Å². The number of rotatable bonds is 5. The van der Waals surface area contributed by atoms with Gasteiger partial charge in [-0.2, -0.15) is 13.2 Å². The summed E-state index contributed by atoms with van der Waals surface area (Å²) in [6.07, 6.45) is -1.38. The molecule has 8 heteroatoms. The zero-order valence-corrected chi connectivity index (χ0v) is 18.6. The number of hydrogen-bond donors (Lipinski definition) is 0. The van der Waals surface area contributed by atoms with Crippen LogP contribution in [-0.2, 0) is 22.6 Å². The molecule has 0 aliphatic heterocycles. The van der Waals surface area contributed by atoms with Gasteiger partial charge in [-0.25, -0.2) is 12.4 Å². The number of alkyl halides is 3. The Kier molecular flexibility index (Phi) is 5.81. The van der Waals surface area contributed by atoms with Gasteiger partial charge in [0.25, 0.3) is 10.0 Å². The van der Waals surface area contributed by atoms with Crippen LogP contribution in [-0.4, -0.2) is 12.4 Å². The monoisotopic (exact) mass is 477 g/mol. The van der Waals surface area contributed by atoms with Crippen LogP contribution < -0.4 is 0 Å². The molecule has 0 unspecified atom stereocenters. The van der Waals surface area contributed by atoms with Crippen molar-refractivity contribution in [2.75, 3.05) is 0 Å². The maximum Gasteiger partial charge on any atom is 0.416 e. The molecule has 0 aliphatic rings. The predicted molar refractivity (Wildman–Crippen MR) is 120 cm³/mol. The van der Waals surface area contributed by atoms with Crippen LogP contribution in [0.15, 0.2) is 77.8 Å². The lowest BCUT2D eigenvalue weighted by atomic mass is 10.0. The van der Waals surface area contributed by atoms with E-state index in [1.54, 1.807) is 30.5 Å². The third-order valence-corrected chi connectivity index (χ3v) is 7.15. The molecule has 3 nitrogen and oxygen atoms in total. The van der Waals surface area contributed by atoms with Crippen molar-refractivity contribution in [2.24, 2.45) is 0 Å². The highest BCUT2D eigenvalue weighted by Gasteiger charge is 2.30. The summed E-state index contributed by atoms with van der Waals surface area (Å²) < 4.78 is 67.6. The van der Waals surface area contributed by atoms with E-state index >= 15 is 0 Å². The van der Waals surface area contributed by atoms with Gasteiger partial charge in [-0.15, -0.1) is 0 Å². The molecule has 0 saturated carbocycles. The van der Waals surface area contributed by atoms with E-state index in [1.807, 2.05) is 6.92 Å². The lowest BCUT2D eigenvalue weighted by Gasteiger charge is -2.11. The summed E-state index contributed by atoms with van der Waals surface area (Å²) in [6.45, 7) is 2.00. The maximum atomic E-state index is 13.5. The van der Waals surface area contributed by atoms with Crippen LogP contribution in [0.1, 0.15) is 24.5 Å². The van der Waals surface area contributed by atoms with Gasteiger partial charge in [0.2, 0.25) is 0 Å². The molecule has 32 heavy (non-hydrogen) atoms.